The lowest BCUT2D eigenvalue weighted by molar-refractivity contribution is 0.474. The molecular weight excluding hydrogens is 232 g/mol. The van der Waals surface area contributed by atoms with Gasteiger partial charge in [-0.2, -0.15) is 0 Å². The van der Waals surface area contributed by atoms with Crippen LogP contribution in [0.25, 0.3) is 0 Å². The highest BCUT2D eigenvalue weighted by molar-refractivity contribution is 7.93. The Morgan fingerprint density at radius 1 is 1.06 bits per heavy atom. The highest BCUT2D eigenvalue weighted by atomic mass is 32.2. The summed E-state index contributed by atoms with van der Waals surface area (Å²) in [6.45, 7) is 0. The molecule has 1 saturated heterocycles. The predicted molar refractivity (Wildman–Crippen MR) is 68.7 cm³/mol. The van der Waals surface area contributed by atoms with Crippen molar-refractivity contribution in [2.75, 3.05) is 0 Å². The molecule has 0 amide bonds. The molecule has 2 bridgehead atoms. The summed E-state index contributed by atoms with van der Waals surface area (Å²) >= 11 is 0. The molecule has 0 radical (unpaired) electrons. The predicted octanol–water partition coefficient (Wildman–Crippen LogP) is 2.68. The molecule has 1 aromatic carbocycles. The Morgan fingerprint density at radius 2 is 1.82 bits per heavy atom. The molecule has 2 heterocycles. The topological polar surface area (TPSA) is 34.1 Å². The molecule has 1 aromatic rings. The molecule has 3 heteroatoms. The van der Waals surface area contributed by atoms with Gasteiger partial charge in [-0.15, -0.1) is 0 Å². The molecule has 90 valence electrons. The van der Waals surface area contributed by atoms with Crippen LogP contribution in [0.4, 0.5) is 0 Å². The van der Waals surface area contributed by atoms with E-state index >= 15 is 0 Å². The third kappa shape index (κ3) is 1.73. The summed E-state index contributed by atoms with van der Waals surface area (Å²) in [6.07, 6.45) is 6.37. The average Bonchev–Trinajstić information content (AvgIpc) is 2.28. The molecule has 2 aliphatic heterocycles. The van der Waals surface area contributed by atoms with Gasteiger partial charge in [-0.05, 0) is 24.8 Å². The van der Waals surface area contributed by atoms with Gasteiger partial charge >= 0.3 is 0 Å². The molecule has 0 aromatic heterocycles. The van der Waals surface area contributed by atoms with Gasteiger partial charge < -0.3 is 0 Å². The Hall–Kier alpha value is -1.09. The van der Waals surface area contributed by atoms with Crippen molar-refractivity contribution in [3.63, 3.8) is 0 Å². The first kappa shape index (κ1) is 11.0. The number of fused-ring (bicyclic) bond motifs is 2. The first-order valence-electron chi connectivity index (χ1n) is 6.14. The first-order valence-corrected chi connectivity index (χ1v) is 7.75. The number of hydrogen-bond acceptors (Lipinski definition) is 2. The Bertz CT molecular complexity index is 531. The summed E-state index contributed by atoms with van der Waals surface area (Å²) in [6, 6.07) is 10.1. The maximum atomic E-state index is 12.3. The van der Waals surface area contributed by atoms with Crippen LogP contribution in [0.5, 0.6) is 0 Å². The van der Waals surface area contributed by atoms with E-state index in [4.69, 9.17) is 0 Å². The molecule has 0 saturated carbocycles. The molecule has 3 rings (SSSR count). The molecule has 17 heavy (non-hydrogen) atoms. The lowest BCUT2D eigenvalue weighted by Crippen LogP contribution is -2.42. The van der Waals surface area contributed by atoms with Crippen LogP contribution >= 0.6 is 0 Å². The van der Waals surface area contributed by atoms with E-state index in [0.29, 0.717) is 6.42 Å². The van der Waals surface area contributed by atoms with Crippen LogP contribution < -0.4 is 0 Å². The van der Waals surface area contributed by atoms with Crippen LogP contribution in [0.1, 0.15) is 30.7 Å². The normalized spacial score (nSPS) is 34.5. The van der Waals surface area contributed by atoms with Crippen molar-refractivity contribution in [2.45, 2.75) is 35.7 Å². The molecule has 1 fully saturated rings. The van der Waals surface area contributed by atoms with E-state index in [-0.39, 0.29) is 16.4 Å². The van der Waals surface area contributed by atoms with Crippen molar-refractivity contribution < 1.29 is 8.42 Å². The molecule has 0 unspecified atom stereocenters. The van der Waals surface area contributed by atoms with E-state index in [1.54, 1.807) is 0 Å². The maximum Gasteiger partial charge on any atom is 0.160 e. The molecule has 0 aliphatic carbocycles. The van der Waals surface area contributed by atoms with Crippen LogP contribution in [0.3, 0.4) is 0 Å². The fourth-order valence-corrected chi connectivity index (χ4v) is 5.47. The minimum atomic E-state index is -2.95. The fourth-order valence-electron chi connectivity index (χ4n) is 3.10. The van der Waals surface area contributed by atoms with Crippen molar-refractivity contribution >= 4 is 9.84 Å². The zero-order valence-electron chi connectivity index (χ0n) is 9.62. The minimum absolute atomic E-state index is 0.183. The van der Waals surface area contributed by atoms with E-state index in [1.165, 1.54) is 5.56 Å². The van der Waals surface area contributed by atoms with E-state index in [0.717, 1.165) is 12.8 Å². The quantitative estimate of drug-likeness (QED) is 0.716. The average molecular weight is 248 g/mol. The smallest absolute Gasteiger partial charge is 0.160 e. The van der Waals surface area contributed by atoms with Gasteiger partial charge in [0.25, 0.3) is 0 Å². The standard InChI is InChI=1S/C14H16O2S/c15-17(16)12-7-4-8-14(17)13(10-9-12)11-5-2-1-3-6-11/h1-7,12-14H,8-10H2/t12-,13+,14+/m1/s1. The largest absolute Gasteiger partial charge is 0.228 e. The SMILES string of the molecule is O=S1(=O)[C@@H]2C=CC[C@H]1[C@H](c1ccccc1)CC2. The Labute approximate surface area is 102 Å². The second kappa shape index (κ2) is 3.98. The molecular formula is C14H16O2S. The Balaban J connectivity index is 2.02. The summed E-state index contributed by atoms with van der Waals surface area (Å²) < 4.78 is 24.7. The van der Waals surface area contributed by atoms with Crippen molar-refractivity contribution in [1.82, 2.24) is 0 Å². The fraction of sp³-hybridized carbons (Fsp3) is 0.429. The highest BCUT2D eigenvalue weighted by Gasteiger charge is 2.44. The van der Waals surface area contributed by atoms with Gasteiger partial charge in [0, 0.05) is 5.92 Å². The lowest BCUT2D eigenvalue weighted by Gasteiger charge is -2.37. The zero-order chi connectivity index (χ0) is 11.9. The van der Waals surface area contributed by atoms with Crippen molar-refractivity contribution in [1.29, 1.82) is 0 Å². The maximum absolute atomic E-state index is 12.3. The summed E-state index contributed by atoms with van der Waals surface area (Å²) in [7, 11) is -2.95. The highest BCUT2D eigenvalue weighted by Crippen LogP contribution is 2.41. The van der Waals surface area contributed by atoms with Crippen LogP contribution in [0, 0.1) is 0 Å². The van der Waals surface area contributed by atoms with Gasteiger partial charge in [0.15, 0.2) is 9.84 Å². The number of sulfone groups is 1. The number of rotatable bonds is 1. The summed E-state index contributed by atoms with van der Waals surface area (Å²) in [4.78, 5) is 0. The number of allylic oxidation sites excluding steroid dienone is 1. The molecule has 2 aliphatic rings. The van der Waals surface area contributed by atoms with Gasteiger partial charge in [-0.25, -0.2) is 8.42 Å². The zero-order valence-corrected chi connectivity index (χ0v) is 10.4. The van der Waals surface area contributed by atoms with E-state index in [1.807, 2.05) is 30.4 Å². The summed E-state index contributed by atoms with van der Waals surface area (Å²) in [5.74, 6) is 0.183. The van der Waals surface area contributed by atoms with E-state index in [9.17, 15) is 8.42 Å². The van der Waals surface area contributed by atoms with Gasteiger partial charge in [0.05, 0.1) is 10.5 Å². The second-order valence-electron chi connectivity index (χ2n) is 4.92. The van der Waals surface area contributed by atoms with Crippen LogP contribution in [-0.4, -0.2) is 18.9 Å². The molecule has 2 nitrogen and oxygen atoms in total. The van der Waals surface area contributed by atoms with Gasteiger partial charge in [-0.1, -0.05) is 42.5 Å². The van der Waals surface area contributed by atoms with Gasteiger partial charge in [-0.3, -0.25) is 0 Å². The summed E-state index contributed by atoms with van der Waals surface area (Å²) in [5.41, 5.74) is 1.18. The van der Waals surface area contributed by atoms with Crippen molar-refractivity contribution in [2.24, 2.45) is 0 Å². The second-order valence-corrected chi connectivity index (χ2v) is 7.31. The van der Waals surface area contributed by atoms with Crippen molar-refractivity contribution in [3.05, 3.63) is 48.0 Å². The third-order valence-corrected chi connectivity index (χ3v) is 6.60. The van der Waals surface area contributed by atoms with Gasteiger partial charge in [0.2, 0.25) is 0 Å². The van der Waals surface area contributed by atoms with Crippen molar-refractivity contribution in [3.8, 4) is 0 Å². The van der Waals surface area contributed by atoms with Crippen LogP contribution in [0.15, 0.2) is 42.5 Å². The number of benzene rings is 1. The third-order valence-electron chi connectivity index (χ3n) is 4.00. The monoisotopic (exact) mass is 248 g/mol. The Morgan fingerprint density at radius 3 is 2.59 bits per heavy atom. The first-order chi connectivity index (χ1) is 8.19. The number of hydrogen-bond donors (Lipinski definition) is 0. The summed E-state index contributed by atoms with van der Waals surface area (Å²) in [5, 5.41) is -0.421. The van der Waals surface area contributed by atoms with E-state index < -0.39 is 9.84 Å². The van der Waals surface area contributed by atoms with Gasteiger partial charge in [0.1, 0.15) is 0 Å². The minimum Gasteiger partial charge on any atom is -0.228 e. The van der Waals surface area contributed by atoms with Crippen LogP contribution in [-0.2, 0) is 9.84 Å². The van der Waals surface area contributed by atoms with Crippen LogP contribution in [0.2, 0.25) is 0 Å². The van der Waals surface area contributed by atoms with E-state index in [2.05, 4.69) is 12.1 Å². The molecule has 0 spiro atoms. The Kier molecular flexibility index (Phi) is 2.58. The lowest BCUT2D eigenvalue weighted by atomic mass is 9.86. The molecule has 0 N–H and O–H groups in total. The molecule has 3 atom stereocenters.